The molecule has 0 radical (unpaired) electrons. The molecule has 0 saturated carbocycles. The summed E-state index contributed by atoms with van der Waals surface area (Å²) in [5.41, 5.74) is 0.557. The van der Waals surface area contributed by atoms with Crippen LogP contribution in [0.2, 0.25) is 10.0 Å². The molecule has 2 unspecified atom stereocenters. The summed E-state index contributed by atoms with van der Waals surface area (Å²) in [6.45, 7) is 4.74. The second kappa shape index (κ2) is 11.0. The molecule has 170 valence electrons. The number of nitrogens with zero attached hydrogens (tertiary/aromatic N) is 1. The van der Waals surface area contributed by atoms with Crippen molar-refractivity contribution < 1.29 is 23.1 Å². The van der Waals surface area contributed by atoms with Crippen LogP contribution in [0.5, 0.6) is 0 Å². The number of carbonyl (C=O) groups is 1. The fourth-order valence-corrected chi connectivity index (χ4v) is 4.77. The predicted molar refractivity (Wildman–Crippen MR) is 122 cm³/mol. The number of rotatable bonds is 9. The van der Waals surface area contributed by atoms with Crippen LogP contribution >= 0.6 is 23.2 Å². The van der Waals surface area contributed by atoms with Crippen molar-refractivity contribution in [3.05, 3.63) is 58.1 Å². The number of benzene rings is 2. The monoisotopic (exact) mass is 488 g/mol. The van der Waals surface area contributed by atoms with Crippen molar-refractivity contribution in [1.82, 2.24) is 5.32 Å². The zero-order valence-electron chi connectivity index (χ0n) is 17.5. The molecular weight excluding hydrogens is 463 g/mol. The molecule has 0 aliphatic carbocycles. The molecule has 0 aliphatic heterocycles. The number of aliphatic hydroxyl groups is 1. The normalized spacial score (nSPS) is 13.4. The van der Waals surface area contributed by atoms with Gasteiger partial charge in [-0.15, -0.1) is 0 Å². The van der Waals surface area contributed by atoms with Gasteiger partial charge in [0.15, 0.2) is 0 Å². The topological polar surface area (TPSA) is 95.9 Å². The molecule has 7 nitrogen and oxygen atoms in total. The first-order valence-electron chi connectivity index (χ1n) is 9.72. The Labute approximate surface area is 193 Å². The largest absolute Gasteiger partial charge is 0.447 e. The Balaban J connectivity index is 2.45. The molecule has 0 aromatic heterocycles. The van der Waals surface area contributed by atoms with E-state index in [-0.39, 0.29) is 23.2 Å². The molecule has 2 atom stereocenters. The Hall–Kier alpha value is -2.00. The lowest BCUT2D eigenvalue weighted by Crippen LogP contribution is -2.43. The highest BCUT2D eigenvalue weighted by molar-refractivity contribution is 7.92. The summed E-state index contributed by atoms with van der Waals surface area (Å²) in [5.74, 6) is 0. The molecule has 0 fully saturated rings. The quantitative estimate of drug-likeness (QED) is 0.537. The maximum atomic E-state index is 13.5. The van der Waals surface area contributed by atoms with Crippen LogP contribution in [0.3, 0.4) is 0 Å². The fourth-order valence-electron chi connectivity index (χ4n) is 2.81. The van der Waals surface area contributed by atoms with Crippen LogP contribution in [0.4, 0.5) is 10.5 Å². The zero-order chi connectivity index (χ0) is 23.2. The van der Waals surface area contributed by atoms with E-state index in [1.165, 1.54) is 30.3 Å². The second-order valence-corrected chi connectivity index (χ2v) is 9.77. The number of ether oxygens (including phenoxy) is 1. The average molecular weight is 489 g/mol. The fraction of sp³-hybridized carbons (Fsp3) is 0.381. The van der Waals surface area contributed by atoms with E-state index in [1.807, 2.05) is 13.8 Å². The number of hydrogen-bond donors (Lipinski definition) is 2. The molecule has 0 bridgehead atoms. The minimum atomic E-state index is -4.10. The Bertz CT molecular complexity index is 999. The van der Waals surface area contributed by atoms with Gasteiger partial charge in [0.25, 0.3) is 10.0 Å². The molecule has 1 amide bonds. The van der Waals surface area contributed by atoms with E-state index in [2.05, 4.69) is 5.32 Å². The number of alkyl carbamates (subject to hydrolysis) is 1. The standard InChI is InChI=1S/C21H26Cl2N2O5S/c1-4-14(2)24-21(27)30-13-15(3)25(20-11-18(23)6-5-16(20)12-26)31(28,29)19-9-7-17(22)8-10-19/h5-11,14-15,26H,4,12-13H2,1-3H3,(H,24,27). The van der Waals surface area contributed by atoms with E-state index in [0.29, 0.717) is 15.6 Å². The van der Waals surface area contributed by atoms with E-state index < -0.39 is 28.8 Å². The van der Waals surface area contributed by atoms with Gasteiger partial charge in [0.05, 0.1) is 23.2 Å². The summed E-state index contributed by atoms with van der Waals surface area (Å²) in [6, 6.07) is 9.40. The first kappa shape index (κ1) is 25.3. The summed E-state index contributed by atoms with van der Waals surface area (Å²) in [4.78, 5) is 12.0. The molecule has 2 rings (SSSR count). The summed E-state index contributed by atoms with van der Waals surface area (Å²) < 4.78 is 33.4. The van der Waals surface area contributed by atoms with Crippen LogP contribution in [-0.2, 0) is 21.4 Å². The van der Waals surface area contributed by atoms with E-state index in [9.17, 15) is 18.3 Å². The number of amides is 1. The Morgan fingerprint density at radius 3 is 2.32 bits per heavy atom. The number of carbonyl (C=O) groups excluding carboxylic acids is 1. The number of halogens is 2. The highest BCUT2D eigenvalue weighted by Gasteiger charge is 2.32. The molecule has 2 N–H and O–H groups in total. The molecule has 2 aromatic rings. The first-order valence-corrected chi connectivity index (χ1v) is 11.9. The summed E-state index contributed by atoms with van der Waals surface area (Å²) in [6.07, 6.45) is 0.0860. The minimum absolute atomic E-state index is 0.00308. The van der Waals surface area contributed by atoms with Crippen molar-refractivity contribution in [3.63, 3.8) is 0 Å². The van der Waals surface area contributed by atoms with Gasteiger partial charge in [0.1, 0.15) is 6.61 Å². The smallest absolute Gasteiger partial charge is 0.407 e. The summed E-state index contributed by atoms with van der Waals surface area (Å²) in [5, 5.41) is 13.1. The third kappa shape index (κ3) is 6.49. The van der Waals surface area contributed by atoms with Gasteiger partial charge in [0, 0.05) is 21.7 Å². The minimum Gasteiger partial charge on any atom is -0.447 e. The van der Waals surface area contributed by atoms with Gasteiger partial charge in [-0.25, -0.2) is 13.2 Å². The first-order chi connectivity index (χ1) is 14.6. The lowest BCUT2D eigenvalue weighted by Gasteiger charge is -2.32. The number of anilines is 1. The lowest BCUT2D eigenvalue weighted by atomic mass is 10.1. The van der Waals surface area contributed by atoms with Crippen molar-refractivity contribution in [2.75, 3.05) is 10.9 Å². The van der Waals surface area contributed by atoms with E-state index in [4.69, 9.17) is 27.9 Å². The Morgan fingerprint density at radius 2 is 1.74 bits per heavy atom. The van der Waals surface area contributed by atoms with Gasteiger partial charge < -0.3 is 15.2 Å². The third-order valence-corrected chi connectivity index (χ3v) is 7.09. The molecule has 0 saturated heterocycles. The summed E-state index contributed by atoms with van der Waals surface area (Å²) >= 11 is 12.0. The number of sulfonamides is 1. The molecule has 10 heteroatoms. The van der Waals surface area contributed by atoms with E-state index >= 15 is 0 Å². The number of aliphatic hydroxyl groups excluding tert-OH is 1. The highest BCUT2D eigenvalue weighted by atomic mass is 35.5. The van der Waals surface area contributed by atoms with Crippen molar-refractivity contribution in [3.8, 4) is 0 Å². The van der Waals surface area contributed by atoms with Gasteiger partial charge in [-0.05, 0) is 56.7 Å². The highest BCUT2D eigenvalue weighted by Crippen LogP contribution is 2.32. The lowest BCUT2D eigenvalue weighted by molar-refractivity contribution is 0.138. The van der Waals surface area contributed by atoms with Gasteiger partial charge in [0.2, 0.25) is 0 Å². The molecule has 0 heterocycles. The van der Waals surface area contributed by atoms with Crippen molar-refractivity contribution >= 4 is 45.0 Å². The third-order valence-electron chi connectivity index (χ3n) is 4.66. The van der Waals surface area contributed by atoms with E-state index in [1.54, 1.807) is 19.1 Å². The predicted octanol–water partition coefficient (Wildman–Crippen LogP) is 4.59. The maximum Gasteiger partial charge on any atom is 0.407 e. The van der Waals surface area contributed by atoms with Crippen LogP contribution in [0, 0.1) is 0 Å². The van der Waals surface area contributed by atoms with E-state index in [0.717, 1.165) is 10.7 Å². The van der Waals surface area contributed by atoms with Crippen LogP contribution < -0.4 is 9.62 Å². The van der Waals surface area contributed by atoms with Gasteiger partial charge in [-0.2, -0.15) is 0 Å². The summed E-state index contributed by atoms with van der Waals surface area (Å²) in [7, 11) is -4.10. The molecule has 2 aromatic carbocycles. The molecule has 31 heavy (non-hydrogen) atoms. The average Bonchev–Trinajstić information content (AvgIpc) is 2.72. The van der Waals surface area contributed by atoms with Gasteiger partial charge >= 0.3 is 6.09 Å². The van der Waals surface area contributed by atoms with Crippen LogP contribution in [-0.4, -0.2) is 38.3 Å². The van der Waals surface area contributed by atoms with Gasteiger partial charge in [-0.1, -0.05) is 36.2 Å². The van der Waals surface area contributed by atoms with Crippen molar-refractivity contribution in [2.45, 2.75) is 50.8 Å². The van der Waals surface area contributed by atoms with Crippen LogP contribution in [0.1, 0.15) is 32.8 Å². The number of nitrogens with one attached hydrogen (secondary N) is 1. The van der Waals surface area contributed by atoms with Crippen molar-refractivity contribution in [1.29, 1.82) is 0 Å². The molecule has 0 spiro atoms. The SMILES string of the molecule is CCC(C)NC(=O)OCC(C)N(c1cc(Cl)ccc1CO)S(=O)(=O)c1ccc(Cl)cc1. The second-order valence-electron chi connectivity index (χ2n) is 7.09. The van der Waals surface area contributed by atoms with Crippen LogP contribution in [0.25, 0.3) is 0 Å². The molecular formula is C21H26Cl2N2O5S. The van der Waals surface area contributed by atoms with Crippen LogP contribution in [0.15, 0.2) is 47.4 Å². The van der Waals surface area contributed by atoms with Crippen molar-refractivity contribution in [2.24, 2.45) is 0 Å². The Morgan fingerprint density at radius 1 is 1.13 bits per heavy atom. The number of hydrogen-bond acceptors (Lipinski definition) is 5. The van der Waals surface area contributed by atoms with Gasteiger partial charge in [-0.3, -0.25) is 4.31 Å². The molecule has 0 aliphatic rings. The Kier molecular flexibility index (Phi) is 9.00. The zero-order valence-corrected chi connectivity index (χ0v) is 19.8. The maximum absolute atomic E-state index is 13.5.